The second kappa shape index (κ2) is 9.81. The standard InChI is InChI=1S/C21H19Cl2N5O3S/c1-12(29)26-28-20(24-25-21(28)32-2)11-30-18-6-4-3-5-15(18)17-10-19(31-27-17)14-8-7-13(22)9-16(14)23/h3-9,19H,10-11H2,1-2H3,(H,26,29). The molecule has 1 unspecified atom stereocenters. The molecule has 2 heterocycles. The molecule has 2 aromatic carbocycles. The van der Waals surface area contributed by atoms with Crippen molar-refractivity contribution in [3.05, 3.63) is 69.5 Å². The van der Waals surface area contributed by atoms with Crippen molar-refractivity contribution in [1.82, 2.24) is 14.9 Å². The minimum Gasteiger partial charge on any atom is -0.485 e. The van der Waals surface area contributed by atoms with Gasteiger partial charge in [0.1, 0.15) is 12.4 Å². The van der Waals surface area contributed by atoms with E-state index in [1.54, 1.807) is 12.1 Å². The largest absolute Gasteiger partial charge is 0.485 e. The average molecular weight is 492 g/mol. The van der Waals surface area contributed by atoms with Gasteiger partial charge >= 0.3 is 0 Å². The van der Waals surface area contributed by atoms with Crippen molar-refractivity contribution in [3.8, 4) is 5.75 Å². The lowest BCUT2D eigenvalue weighted by Crippen LogP contribution is -2.23. The van der Waals surface area contributed by atoms with E-state index in [4.69, 9.17) is 32.8 Å². The minimum absolute atomic E-state index is 0.103. The van der Waals surface area contributed by atoms with E-state index >= 15 is 0 Å². The Bertz CT molecular complexity index is 1180. The number of hydrogen-bond acceptors (Lipinski definition) is 7. The first kappa shape index (κ1) is 22.4. The predicted molar refractivity (Wildman–Crippen MR) is 124 cm³/mol. The molecular weight excluding hydrogens is 473 g/mol. The van der Waals surface area contributed by atoms with Crippen molar-refractivity contribution in [2.24, 2.45) is 5.16 Å². The lowest BCUT2D eigenvalue weighted by atomic mass is 9.99. The van der Waals surface area contributed by atoms with Gasteiger partial charge in [-0.25, -0.2) is 4.68 Å². The van der Waals surface area contributed by atoms with Crippen LogP contribution in [-0.4, -0.2) is 32.7 Å². The highest BCUT2D eigenvalue weighted by Crippen LogP contribution is 2.36. The Labute approximate surface area is 198 Å². The molecule has 0 saturated heterocycles. The van der Waals surface area contributed by atoms with Crippen LogP contribution >= 0.6 is 35.0 Å². The number of para-hydroxylation sites is 1. The van der Waals surface area contributed by atoms with E-state index in [-0.39, 0.29) is 18.6 Å². The van der Waals surface area contributed by atoms with Gasteiger partial charge in [-0.3, -0.25) is 10.2 Å². The van der Waals surface area contributed by atoms with Crippen molar-refractivity contribution in [2.45, 2.75) is 31.2 Å². The number of carbonyl (C=O) groups is 1. The molecule has 0 aliphatic carbocycles. The highest BCUT2D eigenvalue weighted by Gasteiger charge is 2.27. The summed E-state index contributed by atoms with van der Waals surface area (Å²) in [4.78, 5) is 17.2. The summed E-state index contributed by atoms with van der Waals surface area (Å²) in [6, 6.07) is 12.8. The second-order valence-corrected chi connectivity index (χ2v) is 8.51. The Morgan fingerprint density at radius 1 is 1.28 bits per heavy atom. The number of benzene rings is 2. The Balaban J connectivity index is 1.51. The van der Waals surface area contributed by atoms with Crippen molar-refractivity contribution < 1.29 is 14.4 Å². The monoisotopic (exact) mass is 491 g/mol. The molecule has 1 aromatic heterocycles. The zero-order chi connectivity index (χ0) is 22.7. The molecular formula is C21H19Cl2N5O3S. The number of nitrogens with one attached hydrogen (secondary N) is 1. The zero-order valence-electron chi connectivity index (χ0n) is 17.2. The maximum absolute atomic E-state index is 11.5. The first-order valence-electron chi connectivity index (χ1n) is 9.62. The number of ether oxygens (including phenoxy) is 1. The Morgan fingerprint density at radius 3 is 2.84 bits per heavy atom. The third-order valence-electron chi connectivity index (χ3n) is 4.69. The van der Waals surface area contributed by atoms with E-state index in [9.17, 15) is 4.79 Å². The van der Waals surface area contributed by atoms with E-state index < -0.39 is 0 Å². The van der Waals surface area contributed by atoms with E-state index in [1.807, 2.05) is 36.6 Å². The SMILES string of the molecule is CSc1nnc(COc2ccccc2C2=NOC(c3ccc(Cl)cc3Cl)C2)n1NC(C)=O. The van der Waals surface area contributed by atoms with Gasteiger partial charge in [-0.15, -0.1) is 10.2 Å². The number of rotatable bonds is 7. The smallest absolute Gasteiger partial charge is 0.235 e. The van der Waals surface area contributed by atoms with Crippen molar-refractivity contribution in [2.75, 3.05) is 11.7 Å². The molecule has 3 aromatic rings. The van der Waals surface area contributed by atoms with Crippen LogP contribution < -0.4 is 10.2 Å². The summed E-state index contributed by atoms with van der Waals surface area (Å²) in [5.74, 6) is 0.849. The number of nitrogens with zero attached hydrogens (tertiary/aromatic N) is 4. The van der Waals surface area contributed by atoms with Gasteiger partial charge in [0.2, 0.25) is 11.1 Å². The molecule has 0 spiro atoms. The topological polar surface area (TPSA) is 90.6 Å². The molecule has 0 fully saturated rings. The normalized spacial score (nSPS) is 15.2. The Kier molecular flexibility index (Phi) is 6.88. The fourth-order valence-corrected chi connectivity index (χ4v) is 4.22. The number of thioether (sulfide) groups is 1. The molecule has 1 amide bonds. The highest BCUT2D eigenvalue weighted by atomic mass is 35.5. The number of carbonyl (C=O) groups excluding carboxylic acids is 1. The van der Waals surface area contributed by atoms with Crippen LogP contribution in [0.15, 0.2) is 52.8 Å². The number of amides is 1. The lowest BCUT2D eigenvalue weighted by molar-refractivity contribution is -0.115. The maximum Gasteiger partial charge on any atom is 0.235 e. The molecule has 4 rings (SSSR count). The fraction of sp³-hybridized carbons (Fsp3) is 0.238. The van der Waals surface area contributed by atoms with Gasteiger partial charge in [0.15, 0.2) is 11.9 Å². The Morgan fingerprint density at radius 2 is 2.09 bits per heavy atom. The first-order valence-corrected chi connectivity index (χ1v) is 11.6. The number of oxime groups is 1. The molecule has 0 bridgehead atoms. The number of aromatic nitrogens is 3. The molecule has 0 radical (unpaired) electrons. The summed E-state index contributed by atoms with van der Waals surface area (Å²) in [5.41, 5.74) is 5.06. The molecule has 32 heavy (non-hydrogen) atoms. The van der Waals surface area contributed by atoms with E-state index in [0.717, 1.165) is 16.8 Å². The van der Waals surface area contributed by atoms with Gasteiger partial charge in [0, 0.05) is 34.5 Å². The quantitative estimate of drug-likeness (QED) is 0.475. The van der Waals surface area contributed by atoms with Gasteiger partial charge in [0.05, 0.1) is 5.71 Å². The van der Waals surface area contributed by atoms with Crippen LogP contribution in [0.25, 0.3) is 0 Å². The second-order valence-electron chi connectivity index (χ2n) is 6.89. The van der Waals surface area contributed by atoms with Crippen molar-refractivity contribution in [3.63, 3.8) is 0 Å². The van der Waals surface area contributed by atoms with Crippen LogP contribution in [0.4, 0.5) is 0 Å². The van der Waals surface area contributed by atoms with Gasteiger partial charge in [-0.05, 0) is 30.5 Å². The van der Waals surface area contributed by atoms with Crippen molar-refractivity contribution in [1.29, 1.82) is 0 Å². The van der Waals surface area contributed by atoms with Crippen LogP contribution in [0, 0.1) is 0 Å². The molecule has 1 atom stereocenters. The lowest BCUT2D eigenvalue weighted by Gasteiger charge is -2.13. The van der Waals surface area contributed by atoms with Crippen LogP contribution in [0.3, 0.4) is 0 Å². The summed E-state index contributed by atoms with van der Waals surface area (Å²) < 4.78 is 7.55. The average Bonchev–Trinajstić information content (AvgIpc) is 3.39. The molecule has 8 nitrogen and oxygen atoms in total. The summed E-state index contributed by atoms with van der Waals surface area (Å²) in [5, 5.41) is 14.1. The van der Waals surface area contributed by atoms with Crippen LogP contribution in [0.2, 0.25) is 10.0 Å². The van der Waals surface area contributed by atoms with E-state index in [0.29, 0.717) is 33.2 Å². The van der Waals surface area contributed by atoms with E-state index in [2.05, 4.69) is 20.8 Å². The van der Waals surface area contributed by atoms with E-state index in [1.165, 1.54) is 23.4 Å². The van der Waals surface area contributed by atoms with Gasteiger partial charge < -0.3 is 9.57 Å². The predicted octanol–water partition coefficient (Wildman–Crippen LogP) is 4.84. The summed E-state index contributed by atoms with van der Waals surface area (Å²) in [7, 11) is 0. The number of halogens is 2. The molecule has 1 N–H and O–H groups in total. The third kappa shape index (κ3) is 4.85. The molecule has 1 aliphatic heterocycles. The Hall–Kier alpha value is -2.75. The van der Waals surface area contributed by atoms with Crippen LogP contribution in [-0.2, 0) is 16.2 Å². The molecule has 0 saturated carbocycles. The molecule has 1 aliphatic rings. The first-order chi connectivity index (χ1) is 15.5. The van der Waals surface area contributed by atoms with Crippen LogP contribution in [0.1, 0.15) is 36.4 Å². The van der Waals surface area contributed by atoms with Crippen LogP contribution in [0.5, 0.6) is 5.75 Å². The van der Waals surface area contributed by atoms with Gasteiger partial charge in [0.25, 0.3) is 0 Å². The maximum atomic E-state index is 11.5. The fourth-order valence-electron chi connectivity index (χ4n) is 3.23. The summed E-state index contributed by atoms with van der Waals surface area (Å²) in [6.07, 6.45) is 2.07. The zero-order valence-corrected chi connectivity index (χ0v) is 19.5. The molecule has 11 heteroatoms. The third-order valence-corrected chi connectivity index (χ3v) is 5.88. The summed E-state index contributed by atoms with van der Waals surface area (Å²) in [6.45, 7) is 1.52. The minimum atomic E-state index is -0.310. The van der Waals surface area contributed by atoms with Crippen molar-refractivity contribution >= 4 is 46.6 Å². The van der Waals surface area contributed by atoms with Gasteiger partial charge in [-0.2, -0.15) is 0 Å². The highest BCUT2D eigenvalue weighted by molar-refractivity contribution is 7.98. The van der Waals surface area contributed by atoms with Gasteiger partial charge in [-0.1, -0.05) is 58.3 Å². The molecule has 166 valence electrons. The number of hydrogen-bond donors (Lipinski definition) is 1. The summed E-state index contributed by atoms with van der Waals surface area (Å²) >= 11 is 13.7.